The van der Waals surface area contributed by atoms with Crippen molar-refractivity contribution in [2.24, 2.45) is 0 Å². The number of aryl methyl sites for hydroxylation is 1. The molecule has 0 spiro atoms. The number of piperidine rings is 1. The van der Waals surface area contributed by atoms with Crippen LogP contribution in [0.5, 0.6) is 0 Å². The lowest BCUT2D eigenvalue weighted by atomic mass is 10.1. The second-order valence-corrected chi connectivity index (χ2v) is 7.30. The zero-order valence-electron chi connectivity index (χ0n) is 16.4. The molecule has 5 heterocycles. The van der Waals surface area contributed by atoms with Gasteiger partial charge in [-0.15, -0.1) is 10.2 Å². The molecule has 9 heteroatoms. The van der Waals surface area contributed by atoms with Crippen molar-refractivity contribution < 1.29 is 13.6 Å². The van der Waals surface area contributed by atoms with Crippen molar-refractivity contribution in [3.8, 4) is 22.8 Å². The molecular weight excluding hydrogens is 387 g/mol. The lowest BCUT2D eigenvalue weighted by Gasteiger charge is -2.26. The number of carbonyl (C=O) groups excluding carboxylic acids is 1. The molecule has 0 N–H and O–H groups in total. The van der Waals surface area contributed by atoms with Crippen LogP contribution < -0.4 is 0 Å². The summed E-state index contributed by atoms with van der Waals surface area (Å²) in [6.45, 7) is 3.16. The molecule has 1 fully saturated rings. The molecule has 1 aliphatic rings. The highest BCUT2D eigenvalue weighted by Crippen LogP contribution is 2.27. The zero-order chi connectivity index (χ0) is 20.7. The number of hydrogen-bond donors (Lipinski definition) is 0. The van der Waals surface area contributed by atoms with Crippen molar-refractivity contribution in [1.29, 1.82) is 0 Å². The van der Waals surface area contributed by atoms with Gasteiger partial charge in [0.1, 0.15) is 0 Å². The molecule has 1 amide bonds. The number of aromatic nitrogens is 5. The first-order chi connectivity index (χ1) is 14.6. The van der Waals surface area contributed by atoms with Crippen molar-refractivity contribution >= 4 is 11.4 Å². The highest BCUT2D eigenvalue weighted by Gasteiger charge is 2.22. The van der Waals surface area contributed by atoms with Crippen LogP contribution in [0.4, 0.5) is 4.39 Å². The average molecular weight is 406 g/mol. The Balaban J connectivity index is 1.53. The number of likely N-dealkylation sites (tertiary alicyclic amines) is 1. The van der Waals surface area contributed by atoms with Gasteiger partial charge in [0.15, 0.2) is 11.5 Å². The first-order valence-corrected chi connectivity index (χ1v) is 9.84. The Morgan fingerprint density at radius 3 is 2.70 bits per heavy atom. The largest absolute Gasteiger partial charge is 0.420 e. The normalized spacial score (nSPS) is 14.4. The molecule has 1 aliphatic heterocycles. The Labute approximate surface area is 171 Å². The third kappa shape index (κ3) is 3.12. The van der Waals surface area contributed by atoms with Gasteiger partial charge in [-0.05, 0) is 37.5 Å². The van der Waals surface area contributed by atoms with Crippen LogP contribution in [0.1, 0.15) is 35.5 Å². The number of fused-ring (bicyclic) bond motifs is 1. The van der Waals surface area contributed by atoms with Gasteiger partial charge in [-0.2, -0.15) is 5.10 Å². The lowest BCUT2D eigenvalue weighted by Crippen LogP contribution is -2.35. The van der Waals surface area contributed by atoms with Gasteiger partial charge in [0.05, 0.1) is 23.0 Å². The topological polar surface area (TPSA) is 89.4 Å². The van der Waals surface area contributed by atoms with Gasteiger partial charge in [-0.25, -0.2) is 13.9 Å². The first kappa shape index (κ1) is 18.4. The molecule has 0 unspecified atom stereocenters. The van der Waals surface area contributed by atoms with E-state index in [1.165, 1.54) is 12.3 Å². The SMILES string of the molecule is Cc1nnc(-c2ncc(-c3cccc4c(C(=O)N5CCCCC5)cnn34)cc2F)o1. The minimum absolute atomic E-state index is 0.00652. The quantitative estimate of drug-likeness (QED) is 0.517. The first-order valence-electron chi connectivity index (χ1n) is 9.84. The van der Waals surface area contributed by atoms with Crippen LogP contribution in [0.3, 0.4) is 0 Å². The van der Waals surface area contributed by atoms with E-state index in [9.17, 15) is 9.18 Å². The molecule has 4 aromatic rings. The number of pyridine rings is 2. The van der Waals surface area contributed by atoms with Crippen molar-refractivity contribution in [2.75, 3.05) is 13.1 Å². The summed E-state index contributed by atoms with van der Waals surface area (Å²) < 4.78 is 21.6. The van der Waals surface area contributed by atoms with Gasteiger partial charge >= 0.3 is 0 Å². The molecular formula is C21H19FN6O2. The van der Waals surface area contributed by atoms with Crippen LogP contribution >= 0.6 is 0 Å². The van der Waals surface area contributed by atoms with Crippen LogP contribution in [-0.4, -0.2) is 48.7 Å². The molecule has 8 nitrogen and oxygen atoms in total. The van der Waals surface area contributed by atoms with Crippen molar-refractivity contribution in [2.45, 2.75) is 26.2 Å². The Morgan fingerprint density at radius 2 is 1.97 bits per heavy atom. The Hall–Kier alpha value is -3.62. The highest BCUT2D eigenvalue weighted by atomic mass is 19.1. The predicted molar refractivity (Wildman–Crippen MR) is 106 cm³/mol. The fourth-order valence-electron chi connectivity index (χ4n) is 3.79. The smallest absolute Gasteiger partial charge is 0.269 e. The fraction of sp³-hybridized carbons (Fsp3) is 0.286. The standard InChI is InChI=1S/C21H19FN6O2/c1-13-25-26-20(30-13)19-16(22)10-14(11-23-19)17-6-5-7-18-15(12-24-28(17)18)21(29)27-8-3-2-4-9-27/h5-7,10-12H,2-4,8-9H2,1H3. The Morgan fingerprint density at radius 1 is 1.13 bits per heavy atom. The molecule has 1 saturated heterocycles. The summed E-state index contributed by atoms with van der Waals surface area (Å²) in [5.74, 6) is -0.232. The summed E-state index contributed by atoms with van der Waals surface area (Å²) in [6.07, 6.45) is 6.30. The Kier molecular flexibility index (Phi) is 4.50. The molecule has 0 saturated carbocycles. The molecule has 0 radical (unpaired) electrons. The van der Waals surface area contributed by atoms with Crippen molar-refractivity contribution in [3.05, 3.63) is 53.9 Å². The maximum Gasteiger partial charge on any atom is 0.269 e. The molecule has 4 aromatic heterocycles. The third-order valence-electron chi connectivity index (χ3n) is 5.28. The molecule has 0 aliphatic carbocycles. The van der Waals surface area contributed by atoms with Crippen LogP contribution in [-0.2, 0) is 0 Å². The van der Waals surface area contributed by atoms with Gasteiger partial charge in [0.2, 0.25) is 5.89 Å². The van der Waals surface area contributed by atoms with E-state index in [0.717, 1.165) is 32.4 Å². The summed E-state index contributed by atoms with van der Waals surface area (Å²) in [4.78, 5) is 19.0. The molecule has 5 rings (SSSR count). The van der Waals surface area contributed by atoms with E-state index in [-0.39, 0.29) is 17.5 Å². The number of carbonyl (C=O) groups is 1. The highest BCUT2D eigenvalue weighted by molar-refractivity contribution is 6.01. The summed E-state index contributed by atoms with van der Waals surface area (Å²) >= 11 is 0. The minimum atomic E-state index is -0.579. The number of amides is 1. The zero-order valence-corrected chi connectivity index (χ0v) is 16.4. The number of halogens is 1. The van der Waals surface area contributed by atoms with Gasteiger partial charge in [0, 0.05) is 31.8 Å². The molecule has 0 atom stereocenters. The second kappa shape index (κ2) is 7.33. The fourth-order valence-corrected chi connectivity index (χ4v) is 3.79. The summed E-state index contributed by atoms with van der Waals surface area (Å²) in [5.41, 5.74) is 2.38. The molecule has 30 heavy (non-hydrogen) atoms. The summed E-state index contributed by atoms with van der Waals surface area (Å²) in [5, 5.41) is 11.9. The average Bonchev–Trinajstić information content (AvgIpc) is 3.40. The molecule has 0 aromatic carbocycles. The van der Waals surface area contributed by atoms with Gasteiger partial charge < -0.3 is 9.32 Å². The summed E-state index contributed by atoms with van der Waals surface area (Å²) in [7, 11) is 0. The van der Waals surface area contributed by atoms with Crippen LogP contribution in [0.15, 0.2) is 41.1 Å². The van der Waals surface area contributed by atoms with E-state index in [1.54, 1.807) is 17.6 Å². The number of nitrogens with zero attached hydrogens (tertiary/aromatic N) is 6. The van der Waals surface area contributed by atoms with E-state index < -0.39 is 5.82 Å². The monoisotopic (exact) mass is 406 g/mol. The van der Waals surface area contributed by atoms with E-state index in [1.807, 2.05) is 23.1 Å². The van der Waals surface area contributed by atoms with Gasteiger partial charge in [-0.1, -0.05) is 6.07 Å². The summed E-state index contributed by atoms with van der Waals surface area (Å²) in [6, 6.07) is 6.83. The van der Waals surface area contributed by atoms with E-state index in [4.69, 9.17) is 4.42 Å². The van der Waals surface area contributed by atoms with E-state index >= 15 is 0 Å². The third-order valence-corrected chi connectivity index (χ3v) is 5.28. The predicted octanol–water partition coefficient (Wildman–Crippen LogP) is 3.52. The Bertz CT molecular complexity index is 1240. The van der Waals surface area contributed by atoms with Crippen molar-refractivity contribution in [3.63, 3.8) is 0 Å². The van der Waals surface area contributed by atoms with Crippen LogP contribution in [0.2, 0.25) is 0 Å². The number of rotatable bonds is 3. The van der Waals surface area contributed by atoms with E-state index in [2.05, 4.69) is 20.3 Å². The maximum absolute atomic E-state index is 14.7. The van der Waals surface area contributed by atoms with Gasteiger partial charge in [0.25, 0.3) is 11.8 Å². The molecule has 152 valence electrons. The lowest BCUT2D eigenvalue weighted by molar-refractivity contribution is 0.0726. The van der Waals surface area contributed by atoms with Crippen LogP contribution in [0, 0.1) is 12.7 Å². The molecule has 0 bridgehead atoms. The van der Waals surface area contributed by atoms with Gasteiger partial charge in [-0.3, -0.25) is 4.79 Å². The van der Waals surface area contributed by atoms with E-state index in [0.29, 0.717) is 28.2 Å². The van der Waals surface area contributed by atoms with Crippen molar-refractivity contribution in [1.82, 2.24) is 29.7 Å². The maximum atomic E-state index is 14.7. The minimum Gasteiger partial charge on any atom is -0.420 e. The number of hydrogen-bond acceptors (Lipinski definition) is 6. The van der Waals surface area contributed by atoms with Crippen LogP contribution in [0.25, 0.3) is 28.4 Å². The second-order valence-electron chi connectivity index (χ2n) is 7.30.